The van der Waals surface area contributed by atoms with E-state index in [-0.39, 0.29) is 18.2 Å². The molecule has 1 amide bonds. The number of nitrogens with zero attached hydrogens (tertiary/aromatic N) is 1. The fourth-order valence-electron chi connectivity index (χ4n) is 3.06. The Morgan fingerprint density at radius 2 is 1.78 bits per heavy atom. The quantitative estimate of drug-likeness (QED) is 0.773. The van der Waals surface area contributed by atoms with E-state index in [1.807, 2.05) is 54.6 Å². The molecule has 0 spiro atoms. The van der Waals surface area contributed by atoms with Crippen LogP contribution >= 0.6 is 15.9 Å². The highest BCUT2D eigenvalue weighted by Crippen LogP contribution is 2.40. The highest BCUT2D eigenvalue weighted by atomic mass is 79.9. The fourth-order valence-corrected chi connectivity index (χ4v) is 3.53. The van der Waals surface area contributed by atoms with E-state index in [9.17, 15) is 9.59 Å². The molecule has 1 heterocycles. The molecule has 0 radical (unpaired) electrons. The number of amides is 1. The summed E-state index contributed by atoms with van der Waals surface area (Å²) in [5.74, 6) is -0.704. The first-order valence-corrected chi connectivity index (χ1v) is 8.12. The van der Waals surface area contributed by atoms with Crippen LogP contribution in [0.25, 0.3) is 0 Å². The Morgan fingerprint density at radius 3 is 2.43 bits per heavy atom. The number of carbonyl (C=O) groups is 2. The lowest BCUT2D eigenvalue weighted by Gasteiger charge is -2.27. The lowest BCUT2D eigenvalue weighted by molar-refractivity contribution is -0.142. The molecule has 1 aliphatic rings. The number of para-hydroxylation sites is 1. The van der Waals surface area contributed by atoms with Gasteiger partial charge in [0.25, 0.3) is 0 Å². The van der Waals surface area contributed by atoms with E-state index in [1.165, 1.54) is 7.11 Å². The SMILES string of the molecule is COC(=O)[C@@H]1[C@@H](c2ccccc2)CC(=O)N1c1ccccc1Br. The summed E-state index contributed by atoms with van der Waals surface area (Å²) in [5, 5.41) is 0. The average molecular weight is 374 g/mol. The second kappa shape index (κ2) is 6.54. The maximum atomic E-state index is 12.6. The summed E-state index contributed by atoms with van der Waals surface area (Å²) in [4.78, 5) is 26.6. The van der Waals surface area contributed by atoms with Crippen LogP contribution in [0.3, 0.4) is 0 Å². The van der Waals surface area contributed by atoms with Crippen LogP contribution in [-0.4, -0.2) is 25.0 Å². The molecule has 0 aromatic heterocycles. The summed E-state index contributed by atoms with van der Waals surface area (Å²) in [6, 6.07) is 16.4. The largest absolute Gasteiger partial charge is 0.467 e. The first-order chi connectivity index (χ1) is 11.1. The van der Waals surface area contributed by atoms with Crippen LogP contribution in [0.1, 0.15) is 17.9 Å². The lowest BCUT2D eigenvalue weighted by Crippen LogP contribution is -2.41. The topological polar surface area (TPSA) is 46.6 Å². The normalized spacial score (nSPS) is 20.6. The van der Waals surface area contributed by atoms with Crippen molar-refractivity contribution in [2.45, 2.75) is 18.4 Å². The lowest BCUT2D eigenvalue weighted by atomic mass is 9.91. The molecule has 2 aromatic rings. The molecule has 4 nitrogen and oxygen atoms in total. The van der Waals surface area contributed by atoms with Gasteiger partial charge in [-0.3, -0.25) is 9.69 Å². The van der Waals surface area contributed by atoms with Crippen molar-refractivity contribution in [1.29, 1.82) is 0 Å². The number of anilines is 1. The maximum absolute atomic E-state index is 12.6. The van der Waals surface area contributed by atoms with E-state index >= 15 is 0 Å². The molecule has 2 atom stereocenters. The highest BCUT2D eigenvalue weighted by molar-refractivity contribution is 9.10. The maximum Gasteiger partial charge on any atom is 0.329 e. The third-order valence-corrected chi connectivity index (χ3v) is 4.78. The molecule has 118 valence electrons. The Kier molecular flexibility index (Phi) is 4.48. The second-order valence-corrected chi connectivity index (χ2v) is 6.26. The predicted octanol–water partition coefficient (Wildman–Crippen LogP) is 3.51. The molecule has 1 saturated heterocycles. The van der Waals surface area contributed by atoms with Gasteiger partial charge in [-0.05, 0) is 33.6 Å². The average Bonchev–Trinajstić information content (AvgIpc) is 2.92. The zero-order valence-electron chi connectivity index (χ0n) is 12.6. The van der Waals surface area contributed by atoms with Crippen molar-refractivity contribution in [3.63, 3.8) is 0 Å². The molecule has 1 aliphatic heterocycles. The first-order valence-electron chi connectivity index (χ1n) is 7.33. The van der Waals surface area contributed by atoms with Crippen molar-refractivity contribution in [3.05, 3.63) is 64.6 Å². The Balaban J connectivity index is 2.07. The van der Waals surface area contributed by atoms with Crippen LogP contribution in [0, 0.1) is 0 Å². The summed E-state index contributed by atoms with van der Waals surface area (Å²) in [7, 11) is 1.35. The molecule has 0 aliphatic carbocycles. The van der Waals surface area contributed by atoms with E-state index in [2.05, 4.69) is 15.9 Å². The van der Waals surface area contributed by atoms with Crippen LogP contribution in [0.5, 0.6) is 0 Å². The molecule has 0 bridgehead atoms. The minimum atomic E-state index is -0.659. The van der Waals surface area contributed by atoms with Gasteiger partial charge in [-0.25, -0.2) is 4.79 Å². The number of ether oxygens (including phenoxy) is 1. The standard InChI is InChI=1S/C18H16BrNO3/c1-23-18(22)17-13(12-7-3-2-4-8-12)11-16(21)20(17)15-10-6-5-9-14(15)19/h2-10,13,17H,11H2,1H3/t13-,17+/m1/s1. The summed E-state index contributed by atoms with van der Waals surface area (Å²) >= 11 is 3.46. The Bertz CT molecular complexity index is 732. The zero-order chi connectivity index (χ0) is 16.4. The number of hydrogen-bond acceptors (Lipinski definition) is 3. The molecule has 0 unspecified atom stereocenters. The highest BCUT2D eigenvalue weighted by Gasteiger charge is 2.46. The van der Waals surface area contributed by atoms with Crippen LogP contribution in [0.15, 0.2) is 59.1 Å². The van der Waals surface area contributed by atoms with Gasteiger partial charge in [0.05, 0.1) is 12.8 Å². The van der Waals surface area contributed by atoms with E-state index in [1.54, 1.807) is 4.90 Å². The number of hydrogen-bond donors (Lipinski definition) is 0. The third-order valence-electron chi connectivity index (χ3n) is 4.10. The van der Waals surface area contributed by atoms with E-state index < -0.39 is 12.0 Å². The molecule has 2 aromatic carbocycles. The van der Waals surface area contributed by atoms with Gasteiger partial charge in [-0.15, -0.1) is 0 Å². The zero-order valence-corrected chi connectivity index (χ0v) is 14.2. The summed E-state index contributed by atoms with van der Waals surface area (Å²) in [6.45, 7) is 0. The van der Waals surface area contributed by atoms with Crippen molar-refractivity contribution >= 4 is 33.5 Å². The van der Waals surface area contributed by atoms with E-state index in [0.717, 1.165) is 10.0 Å². The van der Waals surface area contributed by atoms with Crippen LogP contribution < -0.4 is 4.90 Å². The first kappa shape index (κ1) is 15.7. The second-order valence-electron chi connectivity index (χ2n) is 5.40. The van der Waals surface area contributed by atoms with Gasteiger partial charge in [0.2, 0.25) is 5.91 Å². The Hall–Kier alpha value is -2.14. The minimum Gasteiger partial charge on any atom is -0.467 e. The number of methoxy groups -OCH3 is 1. The molecular weight excluding hydrogens is 358 g/mol. The van der Waals surface area contributed by atoms with Gasteiger partial charge >= 0.3 is 5.97 Å². The third kappa shape index (κ3) is 2.88. The van der Waals surface area contributed by atoms with Gasteiger partial charge < -0.3 is 4.74 Å². The Morgan fingerprint density at radius 1 is 1.13 bits per heavy atom. The van der Waals surface area contributed by atoms with Crippen molar-refractivity contribution in [2.75, 3.05) is 12.0 Å². The molecular formula is C18H16BrNO3. The van der Waals surface area contributed by atoms with Gasteiger partial charge in [-0.1, -0.05) is 42.5 Å². The van der Waals surface area contributed by atoms with Gasteiger partial charge in [-0.2, -0.15) is 0 Å². The molecule has 0 saturated carbocycles. The van der Waals surface area contributed by atoms with Crippen molar-refractivity contribution < 1.29 is 14.3 Å². The fraction of sp³-hybridized carbons (Fsp3) is 0.222. The van der Waals surface area contributed by atoms with Crippen molar-refractivity contribution in [1.82, 2.24) is 0 Å². The van der Waals surface area contributed by atoms with Gasteiger partial charge in [0, 0.05) is 16.8 Å². The van der Waals surface area contributed by atoms with Crippen LogP contribution in [0.2, 0.25) is 0 Å². The molecule has 3 rings (SSSR count). The molecule has 5 heteroatoms. The number of esters is 1. The molecule has 0 N–H and O–H groups in total. The minimum absolute atomic E-state index is 0.0823. The summed E-state index contributed by atoms with van der Waals surface area (Å²) < 4.78 is 5.75. The molecule has 23 heavy (non-hydrogen) atoms. The number of carbonyl (C=O) groups excluding carboxylic acids is 2. The number of halogens is 1. The molecule has 1 fully saturated rings. The van der Waals surface area contributed by atoms with Crippen LogP contribution in [-0.2, 0) is 14.3 Å². The van der Waals surface area contributed by atoms with Gasteiger partial charge in [0.15, 0.2) is 0 Å². The predicted molar refractivity (Wildman–Crippen MR) is 91.2 cm³/mol. The number of benzene rings is 2. The van der Waals surface area contributed by atoms with E-state index in [0.29, 0.717) is 5.69 Å². The number of rotatable bonds is 3. The van der Waals surface area contributed by atoms with Gasteiger partial charge in [0.1, 0.15) is 6.04 Å². The Labute approximate surface area is 143 Å². The van der Waals surface area contributed by atoms with Crippen molar-refractivity contribution in [2.24, 2.45) is 0 Å². The monoisotopic (exact) mass is 373 g/mol. The van der Waals surface area contributed by atoms with Crippen molar-refractivity contribution in [3.8, 4) is 0 Å². The summed E-state index contributed by atoms with van der Waals surface area (Å²) in [6.07, 6.45) is 0.283. The van der Waals surface area contributed by atoms with E-state index in [4.69, 9.17) is 4.74 Å². The van der Waals surface area contributed by atoms with Crippen LogP contribution in [0.4, 0.5) is 5.69 Å². The summed E-state index contributed by atoms with van der Waals surface area (Å²) in [5.41, 5.74) is 1.65. The smallest absolute Gasteiger partial charge is 0.329 e.